The van der Waals surface area contributed by atoms with E-state index in [1.807, 2.05) is 13.8 Å². The van der Waals surface area contributed by atoms with E-state index in [2.05, 4.69) is 4.98 Å². The topological polar surface area (TPSA) is 79.2 Å². The largest absolute Gasteiger partial charge is 0.399 e. The van der Waals surface area contributed by atoms with Gasteiger partial charge in [-0.15, -0.1) is 0 Å². The van der Waals surface area contributed by atoms with Crippen molar-refractivity contribution in [1.29, 1.82) is 0 Å². The van der Waals surface area contributed by atoms with Crippen LogP contribution in [0.2, 0.25) is 0 Å². The first-order valence-electron chi connectivity index (χ1n) is 6.15. The maximum Gasteiger partial charge on any atom is 0.244 e. The fourth-order valence-electron chi connectivity index (χ4n) is 2.11. The summed E-state index contributed by atoms with van der Waals surface area (Å²) in [5.41, 5.74) is 7.03. The number of nitrogens with zero attached hydrogens (tertiary/aromatic N) is 1. The summed E-state index contributed by atoms with van der Waals surface area (Å²) >= 11 is 0. The van der Waals surface area contributed by atoms with E-state index in [0.29, 0.717) is 22.5 Å². The zero-order chi connectivity index (χ0) is 14.2. The number of nitrogens with two attached hydrogens (primary N) is 1. The molecule has 0 aliphatic rings. The summed E-state index contributed by atoms with van der Waals surface area (Å²) in [7, 11) is -1.87. The van der Waals surface area contributed by atoms with Crippen LogP contribution < -0.4 is 5.73 Å². The molecule has 0 fully saturated rings. The van der Waals surface area contributed by atoms with Crippen LogP contribution in [0.3, 0.4) is 0 Å². The highest BCUT2D eigenvalue weighted by molar-refractivity contribution is 7.89. The van der Waals surface area contributed by atoms with Gasteiger partial charge in [-0.3, -0.25) is 0 Å². The van der Waals surface area contributed by atoms with Crippen LogP contribution in [-0.4, -0.2) is 31.3 Å². The van der Waals surface area contributed by atoms with Gasteiger partial charge in [-0.1, -0.05) is 13.8 Å². The van der Waals surface area contributed by atoms with Crippen LogP contribution in [0.4, 0.5) is 5.69 Å². The number of H-pyrrole nitrogens is 1. The SMILES string of the molecule is CC(C)CN(C)S(=O)(=O)c1c[nH]c2cc(N)ccc12. The normalized spacial score (nSPS) is 12.7. The second kappa shape index (κ2) is 4.86. The summed E-state index contributed by atoms with van der Waals surface area (Å²) in [6.45, 7) is 4.47. The Labute approximate surface area is 113 Å². The predicted octanol–water partition coefficient (Wildman–Crippen LogP) is 2.03. The number of sulfonamides is 1. The smallest absolute Gasteiger partial charge is 0.244 e. The molecule has 0 unspecified atom stereocenters. The number of hydrogen-bond acceptors (Lipinski definition) is 3. The minimum Gasteiger partial charge on any atom is -0.399 e. The number of nitrogen functional groups attached to an aromatic ring is 1. The highest BCUT2D eigenvalue weighted by Gasteiger charge is 2.24. The van der Waals surface area contributed by atoms with Crippen LogP contribution in [0.25, 0.3) is 10.9 Å². The summed E-state index contributed by atoms with van der Waals surface area (Å²) in [6, 6.07) is 5.17. The summed E-state index contributed by atoms with van der Waals surface area (Å²) < 4.78 is 26.4. The van der Waals surface area contributed by atoms with E-state index in [9.17, 15) is 8.42 Å². The monoisotopic (exact) mass is 281 g/mol. The third kappa shape index (κ3) is 2.59. The molecule has 104 valence electrons. The molecule has 6 heteroatoms. The van der Waals surface area contributed by atoms with Gasteiger partial charge in [0, 0.05) is 36.4 Å². The van der Waals surface area contributed by atoms with E-state index in [-0.39, 0.29) is 5.92 Å². The van der Waals surface area contributed by atoms with Crippen LogP contribution in [0.15, 0.2) is 29.3 Å². The van der Waals surface area contributed by atoms with Gasteiger partial charge in [0.2, 0.25) is 10.0 Å². The van der Waals surface area contributed by atoms with E-state index in [4.69, 9.17) is 5.73 Å². The molecular weight excluding hydrogens is 262 g/mol. The van der Waals surface area contributed by atoms with Gasteiger partial charge in [0.15, 0.2) is 0 Å². The molecule has 19 heavy (non-hydrogen) atoms. The van der Waals surface area contributed by atoms with Crippen molar-refractivity contribution in [2.45, 2.75) is 18.7 Å². The van der Waals surface area contributed by atoms with Crippen LogP contribution in [0.1, 0.15) is 13.8 Å². The van der Waals surface area contributed by atoms with E-state index in [0.717, 1.165) is 5.52 Å². The molecule has 0 spiro atoms. The van der Waals surface area contributed by atoms with Crippen LogP contribution >= 0.6 is 0 Å². The molecule has 0 radical (unpaired) electrons. The zero-order valence-corrected chi connectivity index (χ0v) is 12.2. The van der Waals surface area contributed by atoms with Gasteiger partial charge in [-0.05, 0) is 24.1 Å². The second-order valence-corrected chi connectivity index (χ2v) is 7.15. The summed E-state index contributed by atoms with van der Waals surface area (Å²) in [5, 5.41) is 0.671. The first kappa shape index (κ1) is 13.9. The Morgan fingerprint density at radius 1 is 1.37 bits per heavy atom. The molecule has 0 amide bonds. The number of benzene rings is 1. The molecule has 0 saturated carbocycles. The fourth-order valence-corrected chi connectivity index (χ4v) is 3.60. The zero-order valence-electron chi connectivity index (χ0n) is 11.3. The van der Waals surface area contributed by atoms with Gasteiger partial charge >= 0.3 is 0 Å². The Hall–Kier alpha value is -1.53. The summed E-state index contributed by atoms with van der Waals surface area (Å²) in [6.07, 6.45) is 1.52. The highest BCUT2D eigenvalue weighted by atomic mass is 32.2. The Kier molecular flexibility index (Phi) is 3.56. The van der Waals surface area contributed by atoms with Gasteiger partial charge in [-0.25, -0.2) is 12.7 Å². The number of aromatic amines is 1. The van der Waals surface area contributed by atoms with Crippen molar-refractivity contribution < 1.29 is 8.42 Å². The van der Waals surface area contributed by atoms with Crippen molar-refractivity contribution in [1.82, 2.24) is 9.29 Å². The van der Waals surface area contributed by atoms with Crippen molar-refractivity contribution in [2.75, 3.05) is 19.3 Å². The molecule has 0 saturated heterocycles. The molecule has 0 aliphatic carbocycles. The van der Waals surface area contributed by atoms with Crippen molar-refractivity contribution >= 4 is 26.6 Å². The van der Waals surface area contributed by atoms with E-state index >= 15 is 0 Å². The molecule has 2 aromatic rings. The number of hydrogen-bond donors (Lipinski definition) is 2. The minimum atomic E-state index is -3.47. The Morgan fingerprint density at radius 3 is 2.68 bits per heavy atom. The number of anilines is 1. The fraction of sp³-hybridized carbons (Fsp3) is 0.385. The van der Waals surface area contributed by atoms with Gasteiger partial charge < -0.3 is 10.7 Å². The lowest BCUT2D eigenvalue weighted by atomic mass is 10.2. The molecule has 3 N–H and O–H groups in total. The van der Waals surface area contributed by atoms with Crippen molar-refractivity contribution in [3.63, 3.8) is 0 Å². The maximum absolute atomic E-state index is 12.5. The molecular formula is C13H19N3O2S. The van der Waals surface area contributed by atoms with Gasteiger partial charge in [0.25, 0.3) is 0 Å². The Morgan fingerprint density at radius 2 is 2.05 bits per heavy atom. The summed E-state index contributed by atoms with van der Waals surface area (Å²) in [4.78, 5) is 3.25. The first-order valence-corrected chi connectivity index (χ1v) is 7.59. The van der Waals surface area contributed by atoms with E-state index < -0.39 is 10.0 Å². The lowest BCUT2D eigenvalue weighted by Gasteiger charge is -2.18. The van der Waals surface area contributed by atoms with Crippen molar-refractivity contribution in [2.24, 2.45) is 5.92 Å². The van der Waals surface area contributed by atoms with Gasteiger partial charge in [0.1, 0.15) is 4.90 Å². The molecule has 5 nitrogen and oxygen atoms in total. The van der Waals surface area contributed by atoms with Gasteiger partial charge in [0.05, 0.1) is 0 Å². The molecule has 0 aliphatic heterocycles. The standard InChI is InChI=1S/C13H19N3O2S/c1-9(2)8-16(3)19(17,18)13-7-15-12-6-10(14)4-5-11(12)13/h4-7,9,15H,8,14H2,1-3H3. The average molecular weight is 281 g/mol. The molecule has 1 heterocycles. The third-order valence-corrected chi connectivity index (χ3v) is 4.84. The molecule has 1 aromatic heterocycles. The molecule has 1 aromatic carbocycles. The highest BCUT2D eigenvalue weighted by Crippen LogP contribution is 2.26. The first-order chi connectivity index (χ1) is 8.82. The number of fused-ring (bicyclic) bond motifs is 1. The maximum atomic E-state index is 12.5. The van der Waals surface area contributed by atoms with Crippen LogP contribution in [-0.2, 0) is 10.0 Å². The minimum absolute atomic E-state index is 0.278. The third-order valence-electron chi connectivity index (χ3n) is 2.98. The second-order valence-electron chi connectivity index (χ2n) is 5.14. The molecule has 0 atom stereocenters. The van der Waals surface area contributed by atoms with Crippen LogP contribution in [0.5, 0.6) is 0 Å². The van der Waals surface area contributed by atoms with Crippen molar-refractivity contribution in [3.8, 4) is 0 Å². The van der Waals surface area contributed by atoms with E-state index in [1.165, 1.54) is 10.5 Å². The van der Waals surface area contributed by atoms with Crippen LogP contribution in [0, 0.1) is 5.92 Å². The number of rotatable bonds is 4. The van der Waals surface area contributed by atoms with Crippen molar-refractivity contribution in [3.05, 3.63) is 24.4 Å². The quantitative estimate of drug-likeness (QED) is 0.842. The predicted molar refractivity (Wildman–Crippen MR) is 77.4 cm³/mol. The number of nitrogens with one attached hydrogen (secondary N) is 1. The summed E-state index contributed by atoms with van der Waals surface area (Å²) in [5.74, 6) is 0.278. The number of aromatic nitrogens is 1. The lowest BCUT2D eigenvalue weighted by Crippen LogP contribution is -2.30. The average Bonchev–Trinajstić information content (AvgIpc) is 2.71. The molecule has 0 bridgehead atoms. The lowest BCUT2D eigenvalue weighted by molar-refractivity contribution is 0.417. The Balaban J connectivity index is 2.49. The molecule has 2 rings (SSSR count). The van der Waals surface area contributed by atoms with E-state index in [1.54, 1.807) is 25.2 Å². The Bertz CT molecular complexity index is 689. The van der Waals surface area contributed by atoms with Gasteiger partial charge in [-0.2, -0.15) is 0 Å².